The third kappa shape index (κ3) is 2.24. The number of fused-ring (bicyclic) bond motifs is 1. The van der Waals surface area contributed by atoms with E-state index in [9.17, 15) is 14.0 Å². The lowest BCUT2D eigenvalue weighted by Crippen LogP contribution is -2.62. The highest BCUT2D eigenvalue weighted by atomic mass is 19.1. The first-order chi connectivity index (χ1) is 11.5. The number of amides is 2. The van der Waals surface area contributed by atoms with Gasteiger partial charge < -0.3 is 10.6 Å². The van der Waals surface area contributed by atoms with Crippen LogP contribution in [-0.2, 0) is 0 Å². The standard InChI is InChI=1S/C18H22FN3O2/c1-10-14-6-11(19)7-15(17(20)23)16(14)18(24)22(10)13-8-21(9-13)12-4-2-3-5-12/h6-7,10,12-13H,2-5,8-9H2,1H3,(H2,20,23). The molecule has 2 N–H and O–H groups in total. The molecule has 2 aliphatic heterocycles. The monoisotopic (exact) mass is 331 g/mol. The molecule has 24 heavy (non-hydrogen) atoms. The molecule has 1 aliphatic carbocycles. The number of hydrogen-bond acceptors (Lipinski definition) is 3. The number of nitrogens with two attached hydrogens (primary N) is 1. The molecule has 0 radical (unpaired) electrons. The van der Waals surface area contributed by atoms with E-state index in [0.717, 1.165) is 19.2 Å². The van der Waals surface area contributed by atoms with E-state index in [0.29, 0.717) is 11.6 Å². The Bertz CT molecular complexity index is 708. The smallest absolute Gasteiger partial charge is 0.255 e. The third-order valence-corrected chi connectivity index (χ3v) is 5.84. The molecule has 0 aromatic heterocycles. The van der Waals surface area contributed by atoms with Crippen LogP contribution in [0.2, 0.25) is 0 Å². The molecular formula is C18H22FN3O2. The van der Waals surface area contributed by atoms with Gasteiger partial charge in [-0.25, -0.2) is 4.39 Å². The summed E-state index contributed by atoms with van der Waals surface area (Å²) in [6, 6.07) is 2.98. The summed E-state index contributed by atoms with van der Waals surface area (Å²) in [7, 11) is 0. The lowest BCUT2D eigenvalue weighted by Gasteiger charge is -2.48. The average molecular weight is 331 g/mol. The van der Waals surface area contributed by atoms with Crippen LogP contribution in [0.4, 0.5) is 4.39 Å². The van der Waals surface area contributed by atoms with Gasteiger partial charge in [0.1, 0.15) is 5.82 Å². The Morgan fingerprint density at radius 1 is 1.21 bits per heavy atom. The summed E-state index contributed by atoms with van der Waals surface area (Å²) < 4.78 is 13.8. The second-order valence-corrected chi connectivity index (χ2v) is 7.22. The van der Waals surface area contributed by atoms with Gasteiger partial charge in [-0.2, -0.15) is 0 Å². The van der Waals surface area contributed by atoms with Crippen LogP contribution in [0.5, 0.6) is 0 Å². The Hall–Kier alpha value is -1.95. The van der Waals surface area contributed by atoms with Crippen LogP contribution >= 0.6 is 0 Å². The van der Waals surface area contributed by atoms with Crippen molar-refractivity contribution in [3.8, 4) is 0 Å². The molecular weight excluding hydrogens is 309 g/mol. The molecule has 3 aliphatic rings. The van der Waals surface area contributed by atoms with Gasteiger partial charge in [-0.15, -0.1) is 0 Å². The Balaban J connectivity index is 1.58. The summed E-state index contributed by atoms with van der Waals surface area (Å²) in [5.41, 5.74) is 6.21. The number of hydrogen-bond donors (Lipinski definition) is 1. The summed E-state index contributed by atoms with van der Waals surface area (Å²) in [6.45, 7) is 3.62. The van der Waals surface area contributed by atoms with E-state index in [4.69, 9.17) is 5.73 Å². The van der Waals surface area contributed by atoms with Gasteiger partial charge in [0.15, 0.2) is 0 Å². The number of carbonyl (C=O) groups is 2. The molecule has 1 saturated heterocycles. The number of nitrogens with zero attached hydrogens (tertiary/aromatic N) is 2. The van der Waals surface area contributed by atoms with Gasteiger partial charge in [-0.05, 0) is 37.5 Å². The topological polar surface area (TPSA) is 66.6 Å². The minimum absolute atomic E-state index is 0.00341. The summed E-state index contributed by atoms with van der Waals surface area (Å²) in [5.74, 6) is -1.47. The molecule has 1 aromatic rings. The predicted octanol–water partition coefficient (Wildman–Crippen LogP) is 2.07. The van der Waals surface area contributed by atoms with Crippen LogP contribution in [0.1, 0.15) is 64.9 Å². The van der Waals surface area contributed by atoms with Crippen LogP contribution in [0.15, 0.2) is 12.1 Å². The largest absolute Gasteiger partial charge is 0.366 e. The van der Waals surface area contributed by atoms with Gasteiger partial charge in [0, 0.05) is 19.1 Å². The maximum atomic E-state index is 13.8. The van der Waals surface area contributed by atoms with E-state index in [2.05, 4.69) is 4.90 Å². The lowest BCUT2D eigenvalue weighted by atomic mass is 9.99. The van der Waals surface area contributed by atoms with E-state index in [1.807, 2.05) is 11.8 Å². The molecule has 1 atom stereocenters. The van der Waals surface area contributed by atoms with Gasteiger partial charge in [-0.3, -0.25) is 14.5 Å². The fraction of sp³-hybridized carbons (Fsp3) is 0.556. The van der Waals surface area contributed by atoms with Crippen molar-refractivity contribution in [2.75, 3.05) is 13.1 Å². The third-order valence-electron chi connectivity index (χ3n) is 5.84. The van der Waals surface area contributed by atoms with Crippen LogP contribution in [-0.4, -0.2) is 46.8 Å². The van der Waals surface area contributed by atoms with Gasteiger partial charge in [-0.1, -0.05) is 12.8 Å². The molecule has 1 unspecified atom stereocenters. The van der Waals surface area contributed by atoms with Crippen molar-refractivity contribution in [3.63, 3.8) is 0 Å². The van der Waals surface area contributed by atoms with Gasteiger partial charge in [0.2, 0.25) is 5.91 Å². The summed E-state index contributed by atoms with van der Waals surface area (Å²) in [5, 5.41) is 0. The van der Waals surface area contributed by atoms with E-state index >= 15 is 0 Å². The second kappa shape index (κ2) is 5.55. The number of benzene rings is 1. The molecule has 2 fully saturated rings. The summed E-state index contributed by atoms with van der Waals surface area (Å²) in [6.07, 6.45) is 5.07. The van der Waals surface area contributed by atoms with Crippen LogP contribution in [0.3, 0.4) is 0 Å². The zero-order valence-corrected chi connectivity index (χ0v) is 13.8. The minimum atomic E-state index is -0.755. The number of primary amides is 1. The van der Waals surface area contributed by atoms with Crippen LogP contribution in [0.25, 0.3) is 0 Å². The van der Waals surface area contributed by atoms with Crippen molar-refractivity contribution in [2.24, 2.45) is 5.73 Å². The van der Waals surface area contributed by atoms with Crippen molar-refractivity contribution in [3.05, 3.63) is 34.6 Å². The number of rotatable bonds is 3. The van der Waals surface area contributed by atoms with E-state index in [-0.39, 0.29) is 29.1 Å². The van der Waals surface area contributed by atoms with Gasteiger partial charge in [0.25, 0.3) is 5.91 Å². The minimum Gasteiger partial charge on any atom is -0.366 e. The van der Waals surface area contributed by atoms with E-state index < -0.39 is 11.7 Å². The lowest BCUT2D eigenvalue weighted by molar-refractivity contribution is -0.000187. The van der Waals surface area contributed by atoms with Gasteiger partial charge >= 0.3 is 0 Å². The van der Waals surface area contributed by atoms with Gasteiger partial charge in [0.05, 0.1) is 23.2 Å². The van der Waals surface area contributed by atoms with Crippen molar-refractivity contribution in [1.82, 2.24) is 9.80 Å². The Kier molecular flexibility index (Phi) is 3.60. The van der Waals surface area contributed by atoms with Crippen molar-refractivity contribution < 1.29 is 14.0 Å². The molecule has 0 spiro atoms. The fourth-order valence-corrected chi connectivity index (χ4v) is 4.56. The number of halogens is 1. The fourth-order valence-electron chi connectivity index (χ4n) is 4.56. The molecule has 0 bridgehead atoms. The molecule has 1 saturated carbocycles. The Morgan fingerprint density at radius 3 is 2.50 bits per heavy atom. The average Bonchev–Trinajstić information content (AvgIpc) is 3.08. The zero-order chi connectivity index (χ0) is 17.0. The van der Waals surface area contributed by atoms with Crippen molar-refractivity contribution in [1.29, 1.82) is 0 Å². The molecule has 2 amide bonds. The Labute approximate surface area is 140 Å². The highest BCUT2D eigenvalue weighted by molar-refractivity contribution is 6.09. The molecule has 6 heteroatoms. The number of carbonyl (C=O) groups excluding carboxylic acids is 2. The highest BCUT2D eigenvalue weighted by Crippen LogP contribution is 2.40. The maximum Gasteiger partial charge on any atom is 0.255 e. The summed E-state index contributed by atoms with van der Waals surface area (Å²) >= 11 is 0. The SMILES string of the molecule is CC1c2cc(F)cc(C(N)=O)c2C(=O)N1C1CN(C2CCCC2)C1. The molecule has 128 valence electrons. The van der Waals surface area contributed by atoms with E-state index in [1.54, 1.807) is 0 Å². The highest BCUT2D eigenvalue weighted by Gasteiger charge is 2.46. The molecule has 2 heterocycles. The first kappa shape index (κ1) is 15.6. The quantitative estimate of drug-likeness (QED) is 0.922. The first-order valence-electron chi connectivity index (χ1n) is 8.67. The van der Waals surface area contributed by atoms with Crippen LogP contribution in [0, 0.1) is 5.82 Å². The predicted molar refractivity (Wildman–Crippen MR) is 87.1 cm³/mol. The van der Waals surface area contributed by atoms with Crippen LogP contribution < -0.4 is 5.73 Å². The van der Waals surface area contributed by atoms with E-state index in [1.165, 1.54) is 31.7 Å². The molecule has 1 aromatic carbocycles. The summed E-state index contributed by atoms with van der Waals surface area (Å²) in [4.78, 5) is 28.8. The van der Waals surface area contributed by atoms with Crippen molar-refractivity contribution >= 4 is 11.8 Å². The molecule has 5 nitrogen and oxygen atoms in total. The molecule has 4 rings (SSSR count). The zero-order valence-electron chi connectivity index (χ0n) is 13.8. The first-order valence-corrected chi connectivity index (χ1v) is 8.67. The van der Waals surface area contributed by atoms with Crippen molar-refractivity contribution in [2.45, 2.75) is 50.7 Å². The Morgan fingerprint density at radius 2 is 1.88 bits per heavy atom. The second-order valence-electron chi connectivity index (χ2n) is 7.22. The normalized spacial score (nSPS) is 25.2. The maximum absolute atomic E-state index is 13.8. The number of likely N-dealkylation sites (tertiary alicyclic amines) is 1.